The Bertz CT molecular complexity index is 784. The van der Waals surface area contributed by atoms with Gasteiger partial charge in [0.05, 0.1) is 24.3 Å². The van der Waals surface area contributed by atoms with E-state index in [-0.39, 0.29) is 11.9 Å². The molecule has 0 saturated heterocycles. The molecule has 0 saturated carbocycles. The number of ether oxygens (including phenoxy) is 2. The normalized spacial score (nSPS) is 25.0. The molecule has 190 valence electrons. The summed E-state index contributed by atoms with van der Waals surface area (Å²) in [7, 11) is 0. The zero-order valence-corrected chi connectivity index (χ0v) is 21.7. The van der Waals surface area contributed by atoms with Crippen molar-refractivity contribution in [2.75, 3.05) is 13.2 Å². The summed E-state index contributed by atoms with van der Waals surface area (Å²) in [5.74, 6) is 0.165. The lowest BCUT2D eigenvalue weighted by Gasteiger charge is -2.21. The molecule has 4 nitrogen and oxygen atoms in total. The molecular weight excluding hydrogens is 424 g/mol. The van der Waals surface area contributed by atoms with Crippen LogP contribution in [0.3, 0.4) is 0 Å². The Hall–Kier alpha value is -1.84. The van der Waals surface area contributed by atoms with Crippen molar-refractivity contribution in [1.29, 1.82) is 0 Å². The fourth-order valence-corrected chi connectivity index (χ4v) is 5.47. The average Bonchev–Trinajstić information content (AvgIpc) is 2.81. The van der Waals surface area contributed by atoms with E-state index in [0.29, 0.717) is 36.2 Å². The Labute approximate surface area is 207 Å². The molecule has 1 aliphatic carbocycles. The second kappa shape index (κ2) is 14.5. The van der Waals surface area contributed by atoms with E-state index >= 15 is 0 Å². The van der Waals surface area contributed by atoms with Crippen molar-refractivity contribution < 1.29 is 19.1 Å². The van der Waals surface area contributed by atoms with E-state index in [4.69, 9.17) is 9.47 Å². The maximum atomic E-state index is 13.5. The van der Waals surface area contributed by atoms with Crippen LogP contribution in [-0.4, -0.2) is 25.2 Å². The van der Waals surface area contributed by atoms with Crippen molar-refractivity contribution in [3.05, 3.63) is 34.4 Å². The Kier molecular flexibility index (Phi) is 11.4. The maximum absolute atomic E-state index is 13.5. The van der Waals surface area contributed by atoms with Gasteiger partial charge in [-0.2, -0.15) is 0 Å². The Balaban J connectivity index is 1.93. The van der Waals surface area contributed by atoms with Crippen LogP contribution in [-0.2, 0) is 22.3 Å². The van der Waals surface area contributed by atoms with E-state index in [2.05, 4.69) is 19.9 Å². The van der Waals surface area contributed by atoms with Crippen molar-refractivity contribution in [1.82, 2.24) is 0 Å². The van der Waals surface area contributed by atoms with E-state index in [0.717, 1.165) is 50.5 Å². The molecular formula is C30H46O4. The van der Waals surface area contributed by atoms with Gasteiger partial charge in [-0.25, -0.2) is 9.59 Å². The van der Waals surface area contributed by atoms with E-state index < -0.39 is 0 Å². The summed E-state index contributed by atoms with van der Waals surface area (Å²) in [4.78, 5) is 26.6. The summed E-state index contributed by atoms with van der Waals surface area (Å²) < 4.78 is 11.5. The summed E-state index contributed by atoms with van der Waals surface area (Å²) in [5, 5.41) is 0. The lowest BCUT2D eigenvalue weighted by molar-refractivity contribution is 0.0412. The number of hydrogen-bond donors (Lipinski definition) is 0. The molecule has 1 aromatic carbocycles. The van der Waals surface area contributed by atoms with Gasteiger partial charge in [0.2, 0.25) is 0 Å². The van der Waals surface area contributed by atoms with Crippen molar-refractivity contribution in [2.24, 2.45) is 11.8 Å². The molecule has 3 rings (SSSR count). The summed E-state index contributed by atoms with van der Waals surface area (Å²) in [6, 6.07) is 3.90. The van der Waals surface area contributed by atoms with Crippen LogP contribution in [0.2, 0.25) is 0 Å². The maximum Gasteiger partial charge on any atom is 0.339 e. The SMILES string of the molecule is CC1CCCCCCCCOC(=O)c2ccc3c(c2C(=O)OC1)CCCCCCCCC(C)C3. The number of fused-ring (bicyclic) bond motifs is 3. The average molecular weight is 471 g/mol. The van der Waals surface area contributed by atoms with E-state index in [9.17, 15) is 9.59 Å². The highest BCUT2D eigenvalue weighted by atomic mass is 16.5. The molecule has 0 spiro atoms. The van der Waals surface area contributed by atoms with Gasteiger partial charge >= 0.3 is 11.9 Å². The Morgan fingerprint density at radius 1 is 0.676 bits per heavy atom. The second-order valence-corrected chi connectivity index (χ2v) is 10.8. The van der Waals surface area contributed by atoms with E-state index in [1.165, 1.54) is 63.4 Å². The first-order chi connectivity index (χ1) is 16.6. The molecule has 0 radical (unpaired) electrons. The molecule has 1 heterocycles. The van der Waals surface area contributed by atoms with Gasteiger partial charge in [-0.05, 0) is 61.1 Å². The molecule has 2 atom stereocenters. The highest BCUT2D eigenvalue weighted by Gasteiger charge is 2.26. The highest BCUT2D eigenvalue weighted by molar-refractivity contribution is 6.04. The number of carbonyl (C=O) groups is 2. The fraction of sp³-hybridized carbons (Fsp3) is 0.733. The second-order valence-electron chi connectivity index (χ2n) is 10.8. The zero-order chi connectivity index (χ0) is 24.2. The van der Waals surface area contributed by atoms with Gasteiger partial charge in [-0.3, -0.25) is 0 Å². The standard InChI is InChI=1S/C30H46O4/c1-23-15-11-7-3-4-9-13-17-26-25(21-23)18-19-27-28(26)30(32)34-22-24(2)16-12-8-5-6-10-14-20-33-29(27)31/h18-19,23-24H,3-17,20-22H2,1-2H3. The Morgan fingerprint density at radius 2 is 1.29 bits per heavy atom. The van der Waals surface area contributed by atoms with Gasteiger partial charge in [-0.15, -0.1) is 0 Å². The van der Waals surface area contributed by atoms with Gasteiger partial charge in [-0.1, -0.05) is 90.5 Å². The van der Waals surface area contributed by atoms with E-state index in [1.54, 1.807) is 0 Å². The molecule has 0 aromatic heterocycles. The minimum atomic E-state index is -0.381. The number of hydrogen-bond acceptors (Lipinski definition) is 4. The first-order valence-electron chi connectivity index (χ1n) is 14.0. The molecule has 0 N–H and O–H groups in total. The Morgan fingerprint density at radius 3 is 2.03 bits per heavy atom. The number of carbonyl (C=O) groups excluding carboxylic acids is 2. The van der Waals surface area contributed by atoms with Crippen LogP contribution in [0, 0.1) is 11.8 Å². The van der Waals surface area contributed by atoms with Crippen molar-refractivity contribution in [3.63, 3.8) is 0 Å². The predicted molar refractivity (Wildman–Crippen MR) is 137 cm³/mol. The smallest absolute Gasteiger partial charge is 0.339 e. The van der Waals surface area contributed by atoms with Gasteiger partial charge in [0.15, 0.2) is 0 Å². The molecule has 34 heavy (non-hydrogen) atoms. The summed E-state index contributed by atoms with van der Waals surface area (Å²) in [6.07, 6.45) is 18.1. The molecule has 1 aromatic rings. The van der Waals surface area contributed by atoms with Gasteiger partial charge in [0.1, 0.15) is 0 Å². The quantitative estimate of drug-likeness (QED) is 0.362. The minimum Gasteiger partial charge on any atom is -0.462 e. The van der Waals surface area contributed by atoms with Crippen molar-refractivity contribution in [2.45, 2.75) is 117 Å². The van der Waals surface area contributed by atoms with Crippen LogP contribution in [0.1, 0.15) is 136 Å². The van der Waals surface area contributed by atoms with Crippen LogP contribution in [0.4, 0.5) is 0 Å². The molecule has 0 amide bonds. The highest BCUT2D eigenvalue weighted by Crippen LogP contribution is 2.29. The van der Waals surface area contributed by atoms with Gasteiger partial charge < -0.3 is 9.47 Å². The van der Waals surface area contributed by atoms with Crippen LogP contribution < -0.4 is 0 Å². The fourth-order valence-electron chi connectivity index (χ4n) is 5.47. The van der Waals surface area contributed by atoms with Crippen LogP contribution in [0.15, 0.2) is 12.1 Å². The molecule has 4 heteroatoms. The van der Waals surface area contributed by atoms with Crippen molar-refractivity contribution in [3.8, 4) is 0 Å². The number of benzene rings is 1. The van der Waals surface area contributed by atoms with Crippen LogP contribution in [0.25, 0.3) is 0 Å². The monoisotopic (exact) mass is 470 g/mol. The first kappa shape index (κ1) is 26.8. The van der Waals surface area contributed by atoms with Gasteiger partial charge in [0, 0.05) is 0 Å². The number of rotatable bonds is 0. The molecule has 2 unspecified atom stereocenters. The summed E-state index contributed by atoms with van der Waals surface area (Å²) in [6.45, 7) is 5.29. The predicted octanol–water partition coefficient (Wildman–Crippen LogP) is 7.85. The summed E-state index contributed by atoms with van der Waals surface area (Å²) in [5.41, 5.74) is 3.11. The van der Waals surface area contributed by atoms with Crippen molar-refractivity contribution >= 4 is 11.9 Å². The van der Waals surface area contributed by atoms with E-state index in [1.807, 2.05) is 6.07 Å². The zero-order valence-electron chi connectivity index (χ0n) is 21.7. The van der Waals surface area contributed by atoms with Crippen LogP contribution >= 0.6 is 0 Å². The number of esters is 2. The first-order valence-corrected chi connectivity index (χ1v) is 14.0. The lowest BCUT2D eigenvalue weighted by atomic mass is 9.86. The molecule has 0 fully saturated rings. The third kappa shape index (κ3) is 8.43. The van der Waals surface area contributed by atoms with Crippen LogP contribution in [0.5, 0.6) is 0 Å². The largest absolute Gasteiger partial charge is 0.462 e. The molecule has 2 aliphatic rings. The minimum absolute atomic E-state index is 0.330. The third-order valence-electron chi connectivity index (χ3n) is 7.60. The molecule has 1 aliphatic heterocycles. The number of cyclic esters (lactones) is 2. The lowest BCUT2D eigenvalue weighted by Crippen LogP contribution is -2.21. The topological polar surface area (TPSA) is 52.6 Å². The third-order valence-corrected chi connectivity index (χ3v) is 7.60. The van der Waals surface area contributed by atoms with Gasteiger partial charge in [0.25, 0.3) is 0 Å². The molecule has 0 bridgehead atoms. The summed E-state index contributed by atoms with van der Waals surface area (Å²) >= 11 is 0.